The van der Waals surface area contributed by atoms with E-state index in [2.05, 4.69) is 15.4 Å². The highest BCUT2D eigenvalue weighted by atomic mass is 16.5. The number of fused-ring (bicyclic) bond motifs is 1. The molecule has 1 N–H and O–H groups in total. The predicted molar refractivity (Wildman–Crippen MR) is 116 cm³/mol. The maximum atomic E-state index is 12.9. The number of nitrogens with one attached hydrogen (secondary N) is 1. The van der Waals surface area contributed by atoms with Crippen molar-refractivity contribution in [3.05, 3.63) is 46.8 Å². The highest BCUT2D eigenvalue weighted by Gasteiger charge is 2.23. The van der Waals surface area contributed by atoms with Crippen LogP contribution < -0.4 is 11.0 Å². The molecule has 0 aromatic carbocycles. The summed E-state index contributed by atoms with van der Waals surface area (Å²) in [6, 6.07) is 5.89. The van der Waals surface area contributed by atoms with Crippen LogP contribution in [0.2, 0.25) is 0 Å². The van der Waals surface area contributed by atoms with Gasteiger partial charge in [-0.2, -0.15) is 10.1 Å². The van der Waals surface area contributed by atoms with Crippen molar-refractivity contribution in [3.8, 4) is 11.4 Å². The van der Waals surface area contributed by atoms with Gasteiger partial charge >= 0.3 is 5.69 Å². The fraction of sp³-hybridized carbons (Fsp3) is 0.381. The third-order valence-electron chi connectivity index (χ3n) is 5.80. The van der Waals surface area contributed by atoms with Gasteiger partial charge in [0, 0.05) is 39.5 Å². The second-order valence-electron chi connectivity index (χ2n) is 7.75. The molecule has 0 aliphatic carbocycles. The molecule has 1 fully saturated rings. The Balaban J connectivity index is 1.50. The first-order valence-electron chi connectivity index (χ1n) is 10.3. The summed E-state index contributed by atoms with van der Waals surface area (Å²) in [5.74, 6) is 0.428. The molecule has 4 aromatic rings. The number of hydrogen-bond acceptors (Lipinski definition) is 7. The Hall–Kier alpha value is -3.53. The molecule has 0 bridgehead atoms. The Bertz CT molecular complexity index is 1310. The van der Waals surface area contributed by atoms with Crippen LogP contribution in [0, 0.1) is 6.92 Å². The molecule has 1 saturated heterocycles. The first-order chi connectivity index (χ1) is 15.0. The molecule has 0 saturated carbocycles. The van der Waals surface area contributed by atoms with E-state index in [1.807, 2.05) is 32.2 Å². The zero-order valence-corrected chi connectivity index (χ0v) is 17.7. The van der Waals surface area contributed by atoms with Gasteiger partial charge in [-0.1, -0.05) is 0 Å². The van der Waals surface area contributed by atoms with Gasteiger partial charge in [0.05, 0.1) is 29.0 Å². The highest BCUT2D eigenvalue weighted by molar-refractivity contribution is 5.73. The number of rotatable bonds is 4. The molecule has 0 unspecified atom stereocenters. The summed E-state index contributed by atoms with van der Waals surface area (Å²) in [7, 11) is 3.64. The third-order valence-corrected chi connectivity index (χ3v) is 5.80. The quantitative estimate of drug-likeness (QED) is 0.540. The van der Waals surface area contributed by atoms with Gasteiger partial charge in [0.1, 0.15) is 5.52 Å². The van der Waals surface area contributed by atoms with Gasteiger partial charge in [0.25, 0.3) is 0 Å². The van der Waals surface area contributed by atoms with E-state index in [1.165, 1.54) is 0 Å². The normalized spacial score (nSPS) is 14.9. The van der Waals surface area contributed by atoms with Gasteiger partial charge in [-0.05, 0) is 38.0 Å². The molecule has 31 heavy (non-hydrogen) atoms. The summed E-state index contributed by atoms with van der Waals surface area (Å²) in [5.41, 5.74) is 4.68. The van der Waals surface area contributed by atoms with Gasteiger partial charge < -0.3 is 10.1 Å². The smallest absolute Gasteiger partial charge is 0.330 e. The van der Waals surface area contributed by atoms with Gasteiger partial charge in [0.2, 0.25) is 5.95 Å². The molecule has 0 amide bonds. The molecule has 1 aliphatic heterocycles. The van der Waals surface area contributed by atoms with Crippen LogP contribution in [0.5, 0.6) is 0 Å². The fourth-order valence-electron chi connectivity index (χ4n) is 4.05. The maximum absolute atomic E-state index is 12.9. The van der Waals surface area contributed by atoms with E-state index in [-0.39, 0.29) is 11.7 Å². The molecule has 160 valence electrons. The lowest BCUT2D eigenvalue weighted by atomic mass is 10.1. The van der Waals surface area contributed by atoms with Crippen LogP contribution in [0.25, 0.3) is 22.6 Å². The summed E-state index contributed by atoms with van der Waals surface area (Å²) in [6.45, 7) is 3.23. The Morgan fingerprint density at radius 2 is 1.94 bits per heavy atom. The number of pyridine rings is 1. The summed E-state index contributed by atoms with van der Waals surface area (Å²) in [5, 5.41) is 7.45. The summed E-state index contributed by atoms with van der Waals surface area (Å²) in [6.07, 6.45) is 5.03. The van der Waals surface area contributed by atoms with E-state index in [9.17, 15) is 4.79 Å². The molecule has 1 aliphatic rings. The van der Waals surface area contributed by atoms with Crippen LogP contribution in [0.15, 0.2) is 35.4 Å². The number of aromatic nitrogens is 7. The average molecular weight is 420 g/mol. The SMILES string of the molecule is Cc1nc(-c2ccnn2C)ccc1Nc1ncc2c(n1)n(C1CCOCC1)c(=O)n2C. The maximum Gasteiger partial charge on any atom is 0.330 e. The molecule has 10 nitrogen and oxygen atoms in total. The Kier molecular flexibility index (Phi) is 4.78. The molecule has 0 atom stereocenters. The third kappa shape index (κ3) is 3.38. The second kappa shape index (κ2) is 7.62. The van der Waals surface area contributed by atoms with Crippen LogP contribution in [0.4, 0.5) is 11.6 Å². The predicted octanol–water partition coefficient (Wildman–Crippen LogP) is 2.33. The van der Waals surface area contributed by atoms with Crippen molar-refractivity contribution in [2.45, 2.75) is 25.8 Å². The zero-order chi connectivity index (χ0) is 21.5. The minimum Gasteiger partial charge on any atom is -0.381 e. The monoisotopic (exact) mass is 420 g/mol. The summed E-state index contributed by atoms with van der Waals surface area (Å²) < 4.78 is 10.6. The Morgan fingerprint density at radius 3 is 2.65 bits per heavy atom. The minimum atomic E-state index is -0.0771. The van der Waals surface area contributed by atoms with Gasteiger partial charge in [0.15, 0.2) is 5.65 Å². The van der Waals surface area contributed by atoms with E-state index in [0.29, 0.717) is 30.3 Å². The van der Waals surface area contributed by atoms with Crippen molar-refractivity contribution >= 4 is 22.8 Å². The lowest BCUT2D eigenvalue weighted by molar-refractivity contribution is 0.0695. The van der Waals surface area contributed by atoms with E-state index >= 15 is 0 Å². The topological polar surface area (TPSA) is 105 Å². The van der Waals surface area contributed by atoms with Crippen molar-refractivity contribution in [3.63, 3.8) is 0 Å². The lowest BCUT2D eigenvalue weighted by Gasteiger charge is -2.22. The summed E-state index contributed by atoms with van der Waals surface area (Å²) >= 11 is 0. The second-order valence-corrected chi connectivity index (χ2v) is 7.75. The molecular weight excluding hydrogens is 396 g/mol. The molecule has 5 heterocycles. The van der Waals surface area contributed by atoms with Crippen molar-refractivity contribution in [1.82, 2.24) is 33.9 Å². The molecule has 0 radical (unpaired) electrons. The Labute approximate surface area is 178 Å². The van der Waals surface area contributed by atoms with Crippen LogP contribution in [0.3, 0.4) is 0 Å². The number of imidazole rings is 1. The molecule has 5 rings (SSSR count). The van der Waals surface area contributed by atoms with Crippen LogP contribution in [0.1, 0.15) is 24.6 Å². The van der Waals surface area contributed by atoms with Crippen molar-refractivity contribution in [1.29, 1.82) is 0 Å². The van der Waals surface area contributed by atoms with E-state index in [1.54, 1.807) is 33.3 Å². The number of ether oxygens (including phenoxy) is 1. The average Bonchev–Trinajstić information content (AvgIpc) is 3.31. The first kappa shape index (κ1) is 19.4. The minimum absolute atomic E-state index is 0.0771. The van der Waals surface area contributed by atoms with Gasteiger partial charge in [-0.25, -0.2) is 14.8 Å². The zero-order valence-electron chi connectivity index (χ0n) is 17.7. The first-order valence-corrected chi connectivity index (χ1v) is 10.3. The fourth-order valence-corrected chi connectivity index (χ4v) is 4.05. The van der Waals surface area contributed by atoms with E-state index < -0.39 is 0 Å². The standard InChI is InChI=1S/C21H24N8O2/c1-13-15(4-5-16(24-13)17-6-9-23-28(17)3)25-20-22-12-18-19(26-20)29(21(30)27(18)2)14-7-10-31-11-8-14/h4-6,9,12,14H,7-8,10-11H2,1-3H3,(H,22,25,26). The van der Waals surface area contributed by atoms with Gasteiger partial charge in [-0.15, -0.1) is 0 Å². The van der Waals surface area contributed by atoms with Crippen LogP contribution in [-0.2, 0) is 18.8 Å². The Morgan fingerprint density at radius 1 is 1.13 bits per heavy atom. The molecule has 0 spiro atoms. The van der Waals surface area contributed by atoms with Crippen molar-refractivity contribution < 1.29 is 4.74 Å². The molecular formula is C21H24N8O2. The van der Waals surface area contributed by atoms with Crippen LogP contribution in [-0.4, -0.2) is 47.1 Å². The van der Waals surface area contributed by atoms with Crippen molar-refractivity contribution in [2.24, 2.45) is 14.1 Å². The number of nitrogens with zero attached hydrogens (tertiary/aromatic N) is 7. The number of aryl methyl sites for hydroxylation is 3. The molecule has 4 aromatic heterocycles. The van der Waals surface area contributed by atoms with Crippen LogP contribution >= 0.6 is 0 Å². The summed E-state index contributed by atoms with van der Waals surface area (Å²) in [4.78, 5) is 26.7. The van der Waals surface area contributed by atoms with E-state index in [0.717, 1.165) is 35.6 Å². The van der Waals surface area contributed by atoms with Gasteiger partial charge in [-0.3, -0.25) is 13.8 Å². The van der Waals surface area contributed by atoms with E-state index in [4.69, 9.17) is 14.7 Å². The van der Waals surface area contributed by atoms with Crippen molar-refractivity contribution in [2.75, 3.05) is 18.5 Å². The largest absolute Gasteiger partial charge is 0.381 e. The number of anilines is 2. The number of hydrogen-bond donors (Lipinski definition) is 1. The lowest BCUT2D eigenvalue weighted by Crippen LogP contribution is -2.30. The highest BCUT2D eigenvalue weighted by Crippen LogP contribution is 2.26. The molecule has 10 heteroatoms.